The summed E-state index contributed by atoms with van der Waals surface area (Å²) in [5.74, 6) is -0.333. The van der Waals surface area contributed by atoms with Gasteiger partial charge in [-0.2, -0.15) is 5.10 Å². The predicted octanol–water partition coefficient (Wildman–Crippen LogP) is 4.32. The van der Waals surface area contributed by atoms with Gasteiger partial charge in [0.15, 0.2) is 0 Å². The molecule has 26 heavy (non-hydrogen) atoms. The highest BCUT2D eigenvalue weighted by Crippen LogP contribution is 2.24. The molecule has 1 atom stereocenters. The average molecular weight is 390 g/mol. The van der Waals surface area contributed by atoms with Crippen LogP contribution in [-0.4, -0.2) is 22.8 Å². The van der Waals surface area contributed by atoms with Gasteiger partial charge in [-0.25, -0.2) is 5.43 Å². The number of anilines is 1. The van der Waals surface area contributed by atoms with Gasteiger partial charge in [0.1, 0.15) is 0 Å². The first-order valence-corrected chi connectivity index (χ1v) is 9.25. The number of hydrazone groups is 1. The van der Waals surface area contributed by atoms with Crippen molar-refractivity contribution in [2.75, 3.05) is 5.32 Å². The summed E-state index contributed by atoms with van der Waals surface area (Å²) in [4.78, 5) is 24.3. The molecule has 7 heteroatoms. The lowest BCUT2D eigenvalue weighted by Crippen LogP contribution is -2.27. The zero-order chi connectivity index (χ0) is 19.1. The maximum absolute atomic E-state index is 12.2. The van der Waals surface area contributed by atoms with Crippen LogP contribution >= 0.6 is 23.4 Å². The molecule has 2 aromatic rings. The Labute approximate surface area is 162 Å². The van der Waals surface area contributed by atoms with Gasteiger partial charge in [-0.05, 0) is 55.8 Å². The van der Waals surface area contributed by atoms with Gasteiger partial charge in [-0.3, -0.25) is 9.59 Å². The highest BCUT2D eigenvalue weighted by Gasteiger charge is 2.14. The fourth-order valence-corrected chi connectivity index (χ4v) is 3.08. The first kappa shape index (κ1) is 20.0. The minimum absolute atomic E-state index is 0.141. The quantitative estimate of drug-likeness (QED) is 0.439. The molecule has 0 fully saturated rings. The van der Waals surface area contributed by atoms with Gasteiger partial charge < -0.3 is 5.32 Å². The van der Waals surface area contributed by atoms with Gasteiger partial charge in [0.25, 0.3) is 5.91 Å². The van der Waals surface area contributed by atoms with Crippen molar-refractivity contribution in [1.82, 2.24) is 5.43 Å². The Kier molecular flexibility index (Phi) is 7.24. The molecule has 0 aliphatic heterocycles. The molecule has 136 valence electrons. The van der Waals surface area contributed by atoms with Crippen molar-refractivity contribution in [2.45, 2.75) is 30.9 Å². The highest BCUT2D eigenvalue weighted by atomic mass is 35.5. The molecule has 0 radical (unpaired) electrons. The summed E-state index contributed by atoms with van der Waals surface area (Å²) in [6, 6.07) is 14.6. The second-order valence-corrected chi connectivity index (χ2v) is 7.50. The molecule has 5 nitrogen and oxygen atoms in total. The first-order valence-electron chi connectivity index (χ1n) is 7.99. The molecule has 0 spiro atoms. The lowest BCUT2D eigenvalue weighted by Gasteiger charge is -2.10. The Hall–Kier alpha value is -2.31. The molecule has 2 rings (SSSR count). The Balaban J connectivity index is 1.97. The summed E-state index contributed by atoms with van der Waals surface area (Å²) in [5.41, 5.74) is 4.73. The van der Waals surface area contributed by atoms with Crippen LogP contribution in [-0.2, 0) is 9.59 Å². The van der Waals surface area contributed by atoms with Crippen LogP contribution in [0.1, 0.15) is 26.3 Å². The largest absolute Gasteiger partial charge is 0.326 e. The van der Waals surface area contributed by atoms with Crippen LogP contribution in [0.15, 0.2) is 58.5 Å². The summed E-state index contributed by atoms with van der Waals surface area (Å²) in [5, 5.41) is 7.24. The fourth-order valence-electron chi connectivity index (χ4n) is 2.09. The fraction of sp³-hybridized carbons (Fsp3) is 0.211. The average Bonchev–Trinajstić information content (AvgIpc) is 2.61. The monoisotopic (exact) mass is 389 g/mol. The van der Waals surface area contributed by atoms with Gasteiger partial charge in [0.05, 0.1) is 11.0 Å². The van der Waals surface area contributed by atoms with Crippen molar-refractivity contribution >= 4 is 46.6 Å². The number of nitrogens with zero attached hydrogens (tertiary/aromatic N) is 1. The zero-order valence-corrected chi connectivity index (χ0v) is 16.3. The van der Waals surface area contributed by atoms with Crippen molar-refractivity contribution in [1.29, 1.82) is 0 Å². The van der Waals surface area contributed by atoms with Crippen LogP contribution in [0.4, 0.5) is 5.69 Å². The van der Waals surface area contributed by atoms with E-state index in [2.05, 4.69) is 15.8 Å². The van der Waals surface area contributed by atoms with E-state index in [0.717, 1.165) is 10.5 Å². The minimum Gasteiger partial charge on any atom is -0.326 e. The molecular weight excluding hydrogens is 370 g/mol. The van der Waals surface area contributed by atoms with Crippen molar-refractivity contribution in [3.8, 4) is 0 Å². The van der Waals surface area contributed by atoms with E-state index in [-0.39, 0.29) is 17.1 Å². The lowest BCUT2D eigenvalue weighted by molar-refractivity contribution is -0.120. The van der Waals surface area contributed by atoms with Gasteiger partial charge in [-0.1, -0.05) is 23.7 Å². The Morgan fingerprint density at radius 3 is 2.46 bits per heavy atom. The number of thioether (sulfide) groups is 1. The number of nitrogens with one attached hydrogen (secondary N) is 2. The molecule has 0 heterocycles. The molecule has 2 aromatic carbocycles. The number of benzene rings is 2. The number of carbonyl (C=O) groups excluding carboxylic acids is 2. The molecular formula is C19H20ClN3O2S. The van der Waals surface area contributed by atoms with Crippen molar-refractivity contribution < 1.29 is 9.59 Å². The molecule has 0 aliphatic carbocycles. The van der Waals surface area contributed by atoms with Crippen LogP contribution in [0.3, 0.4) is 0 Å². The third-order valence-corrected chi connectivity index (χ3v) is 4.79. The topological polar surface area (TPSA) is 70.6 Å². The normalized spacial score (nSPS) is 12.4. The second-order valence-electron chi connectivity index (χ2n) is 5.65. The van der Waals surface area contributed by atoms with E-state index >= 15 is 0 Å². The van der Waals surface area contributed by atoms with Crippen LogP contribution < -0.4 is 10.7 Å². The third kappa shape index (κ3) is 6.20. The maximum atomic E-state index is 12.2. The van der Waals surface area contributed by atoms with Crippen LogP contribution in [0.5, 0.6) is 0 Å². The van der Waals surface area contributed by atoms with Gasteiger partial charge >= 0.3 is 0 Å². The summed E-state index contributed by atoms with van der Waals surface area (Å²) >= 11 is 7.29. The van der Waals surface area contributed by atoms with E-state index in [1.165, 1.54) is 18.7 Å². The number of rotatable bonds is 6. The maximum Gasteiger partial charge on any atom is 0.253 e. The van der Waals surface area contributed by atoms with E-state index in [1.807, 2.05) is 31.2 Å². The number of halogens is 1. The second kappa shape index (κ2) is 9.40. The van der Waals surface area contributed by atoms with Crippen LogP contribution in [0.2, 0.25) is 5.02 Å². The van der Waals surface area contributed by atoms with Crippen molar-refractivity contribution in [3.05, 3.63) is 59.1 Å². The van der Waals surface area contributed by atoms with E-state index in [1.54, 1.807) is 31.2 Å². The van der Waals surface area contributed by atoms with Gasteiger partial charge in [-0.15, -0.1) is 11.8 Å². The number of carbonyl (C=O) groups is 2. The molecule has 0 aromatic heterocycles. The molecule has 0 bridgehead atoms. The molecule has 0 aliphatic rings. The summed E-state index contributed by atoms with van der Waals surface area (Å²) < 4.78 is 0. The van der Waals surface area contributed by atoms with Gasteiger partial charge in [0.2, 0.25) is 5.91 Å². The molecule has 0 unspecified atom stereocenters. The van der Waals surface area contributed by atoms with Gasteiger partial charge in [0, 0.05) is 22.5 Å². The molecule has 0 saturated carbocycles. The molecule has 2 N–H and O–H groups in total. The summed E-state index contributed by atoms with van der Waals surface area (Å²) in [6.07, 6.45) is 0. The zero-order valence-electron chi connectivity index (χ0n) is 14.7. The predicted molar refractivity (Wildman–Crippen MR) is 108 cm³/mol. The minimum atomic E-state index is -0.307. The SMILES string of the molecule is CC(=O)Nc1cccc(/C(C)=N\NC(=O)[C@H](C)Sc2ccc(Cl)cc2)c1. The third-order valence-electron chi connectivity index (χ3n) is 3.43. The van der Waals surface area contributed by atoms with E-state index in [4.69, 9.17) is 11.6 Å². The number of hydrogen-bond acceptors (Lipinski definition) is 4. The van der Waals surface area contributed by atoms with E-state index < -0.39 is 0 Å². The lowest BCUT2D eigenvalue weighted by atomic mass is 10.1. The highest BCUT2D eigenvalue weighted by molar-refractivity contribution is 8.00. The van der Waals surface area contributed by atoms with Crippen LogP contribution in [0.25, 0.3) is 0 Å². The van der Waals surface area contributed by atoms with Crippen molar-refractivity contribution in [3.63, 3.8) is 0 Å². The number of hydrogen-bond donors (Lipinski definition) is 2. The summed E-state index contributed by atoms with van der Waals surface area (Å²) in [6.45, 7) is 5.06. The van der Waals surface area contributed by atoms with Crippen molar-refractivity contribution in [2.24, 2.45) is 5.10 Å². The van der Waals surface area contributed by atoms with E-state index in [0.29, 0.717) is 16.4 Å². The Bertz CT molecular complexity index is 822. The van der Waals surface area contributed by atoms with E-state index in [9.17, 15) is 9.59 Å². The number of amides is 2. The standard InChI is InChI=1S/C19H20ClN3O2S/c1-12(15-5-4-6-17(11-15)21-14(3)24)22-23-19(25)13(2)26-18-9-7-16(20)8-10-18/h4-11,13H,1-3H3,(H,21,24)(H,23,25)/b22-12-/t13-/m0/s1. The van der Waals surface area contributed by atoms with Crippen LogP contribution in [0, 0.1) is 0 Å². The molecule has 0 saturated heterocycles. The Morgan fingerprint density at radius 1 is 1.12 bits per heavy atom. The molecule has 2 amide bonds. The summed E-state index contributed by atoms with van der Waals surface area (Å²) in [7, 11) is 0. The first-order chi connectivity index (χ1) is 12.3. The Morgan fingerprint density at radius 2 is 1.81 bits per heavy atom. The smallest absolute Gasteiger partial charge is 0.253 e.